The van der Waals surface area contributed by atoms with E-state index in [9.17, 15) is 9.18 Å². The summed E-state index contributed by atoms with van der Waals surface area (Å²) in [6.07, 6.45) is 4.42. The van der Waals surface area contributed by atoms with Gasteiger partial charge in [0.2, 0.25) is 5.91 Å². The number of H-pyrrole nitrogens is 1. The number of aromatic amines is 1. The van der Waals surface area contributed by atoms with Crippen molar-refractivity contribution in [1.29, 1.82) is 0 Å². The van der Waals surface area contributed by atoms with E-state index >= 15 is 0 Å². The van der Waals surface area contributed by atoms with Crippen molar-refractivity contribution in [2.45, 2.75) is 52.5 Å². The Labute approximate surface area is 183 Å². The van der Waals surface area contributed by atoms with Crippen LogP contribution in [0, 0.1) is 25.1 Å². The summed E-state index contributed by atoms with van der Waals surface area (Å²) in [6, 6.07) is 4.93. The highest BCUT2D eigenvalue weighted by atomic mass is 19.1. The number of aryl methyl sites for hydroxylation is 2. The third kappa shape index (κ3) is 4.76. The van der Waals surface area contributed by atoms with E-state index in [0.29, 0.717) is 30.7 Å². The van der Waals surface area contributed by atoms with Gasteiger partial charge in [0.15, 0.2) is 0 Å². The molecule has 2 aromatic rings. The van der Waals surface area contributed by atoms with Gasteiger partial charge in [-0.25, -0.2) is 4.39 Å². The Hall–Kier alpha value is -2.41. The monoisotopic (exact) mass is 428 g/mol. The number of nitrogens with zero attached hydrogens (tertiary/aromatic N) is 3. The molecule has 1 atom stereocenters. The van der Waals surface area contributed by atoms with Gasteiger partial charge in [-0.05, 0) is 63.4 Å². The zero-order chi connectivity index (χ0) is 22.0. The van der Waals surface area contributed by atoms with E-state index in [4.69, 9.17) is 4.74 Å². The Bertz CT molecular complexity index is 944. The summed E-state index contributed by atoms with van der Waals surface area (Å²) in [7, 11) is 1.60. The molecule has 1 aromatic heterocycles. The number of methoxy groups -OCH3 is 1. The SMILES string of the molecule is COc1ccc(F)c(CN2CCC[C@]3(CCN(C(=O)CCc4n[nH]c(C)c4C)C3)C2)c1. The lowest BCUT2D eigenvalue weighted by molar-refractivity contribution is -0.130. The maximum atomic E-state index is 14.3. The second kappa shape index (κ2) is 8.99. The number of aromatic nitrogens is 2. The minimum absolute atomic E-state index is 0.127. The Balaban J connectivity index is 1.34. The number of piperidine rings is 1. The molecule has 3 heterocycles. The summed E-state index contributed by atoms with van der Waals surface area (Å²) in [6.45, 7) is 8.13. The van der Waals surface area contributed by atoms with Crippen LogP contribution in [0.15, 0.2) is 18.2 Å². The van der Waals surface area contributed by atoms with Gasteiger partial charge < -0.3 is 9.64 Å². The van der Waals surface area contributed by atoms with E-state index in [2.05, 4.69) is 15.1 Å². The van der Waals surface area contributed by atoms with Crippen LogP contribution in [0.5, 0.6) is 5.75 Å². The molecule has 6 nitrogen and oxygen atoms in total. The quantitative estimate of drug-likeness (QED) is 0.763. The molecule has 0 saturated carbocycles. The summed E-state index contributed by atoms with van der Waals surface area (Å²) in [5.41, 5.74) is 4.01. The second-order valence-corrected chi connectivity index (χ2v) is 9.26. The Morgan fingerprint density at radius 3 is 2.84 bits per heavy atom. The molecule has 2 aliphatic rings. The number of hydrogen-bond donors (Lipinski definition) is 1. The first-order chi connectivity index (χ1) is 14.9. The molecule has 0 aliphatic carbocycles. The number of amides is 1. The third-order valence-corrected chi connectivity index (χ3v) is 7.11. The molecule has 1 N–H and O–H groups in total. The van der Waals surface area contributed by atoms with Gasteiger partial charge >= 0.3 is 0 Å². The largest absolute Gasteiger partial charge is 0.497 e. The van der Waals surface area contributed by atoms with Crippen LogP contribution in [0.2, 0.25) is 0 Å². The molecular formula is C24H33FN4O2. The fourth-order valence-electron chi connectivity index (χ4n) is 5.13. The third-order valence-electron chi connectivity index (χ3n) is 7.11. The first-order valence-electron chi connectivity index (χ1n) is 11.2. The van der Waals surface area contributed by atoms with Crippen molar-refractivity contribution in [2.75, 3.05) is 33.3 Å². The van der Waals surface area contributed by atoms with Gasteiger partial charge in [-0.1, -0.05) is 0 Å². The van der Waals surface area contributed by atoms with E-state index in [1.807, 2.05) is 18.7 Å². The van der Waals surface area contributed by atoms with Crippen LogP contribution in [0.25, 0.3) is 0 Å². The van der Waals surface area contributed by atoms with Crippen LogP contribution in [0.3, 0.4) is 0 Å². The van der Waals surface area contributed by atoms with Crippen molar-refractivity contribution in [3.63, 3.8) is 0 Å². The van der Waals surface area contributed by atoms with Crippen LogP contribution in [-0.2, 0) is 17.8 Å². The zero-order valence-electron chi connectivity index (χ0n) is 18.8. The molecule has 0 unspecified atom stereocenters. The number of carbonyl (C=O) groups excluding carboxylic acids is 1. The maximum absolute atomic E-state index is 14.3. The van der Waals surface area contributed by atoms with Crippen molar-refractivity contribution in [3.8, 4) is 5.75 Å². The molecule has 1 amide bonds. The van der Waals surface area contributed by atoms with Crippen LogP contribution in [0.4, 0.5) is 4.39 Å². The molecule has 7 heteroatoms. The number of hydrogen-bond acceptors (Lipinski definition) is 4. The normalized spacial score (nSPS) is 21.7. The van der Waals surface area contributed by atoms with Gasteiger partial charge in [-0.3, -0.25) is 14.8 Å². The molecular weight excluding hydrogens is 395 g/mol. The smallest absolute Gasteiger partial charge is 0.222 e. The lowest BCUT2D eigenvalue weighted by Crippen LogP contribution is -2.45. The molecule has 1 aromatic carbocycles. The number of rotatable bonds is 6. The summed E-state index contributed by atoms with van der Waals surface area (Å²) in [5.74, 6) is 0.712. The topological polar surface area (TPSA) is 61.5 Å². The highest BCUT2D eigenvalue weighted by molar-refractivity contribution is 5.76. The van der Waals surface area contributed by atoms with Gasteiger partial charge in [-0.15, -0.1) is 0 Å². The van der Waals surface area contributed by atoms with Gasteiger partial charge in [0.1, 0.15) is 11.6 Å². The molecule has 2 saturated heterocycles. The summed E-state index contributed by atoms with van der Waals surface area (Å²) in [5, 5.41) is 7.32. The van der Waals surface area contributed by atoms with Crippen molar-refractivity contribution >= 4 is 5.91 Å². The van der Waals surface area contributed by atoms with E-state index < -0.39 is 0 Å². The Morgan fingerprint density at radius 1 is 1.26 bits per heavy atom. The molecule has 1 spiro atoms. The molecule has 0 bridgehead atoms. The standard InChI is InChI=1S/C24H33FN4O2/c1-17-18(2)26-27-22(17)7-8-23(30)29-12-10-24(16-29)9-4-11-28(15-24)14-19-13-20(31-3)5-6-21(19)25/h5-6,13H,4,7-12,14-16H2,1-3H3,(H,26,27)/t24-/m0/s1. The van der Waals surface area contributed by atoms with Gasteiger partial charge in [0.25, 0.3) is 0 Å². The van der Waals surface area contributed by atoms with E-state index in [-0.39, 0.29) is 17.1 Å². The number of benzene rings is 1. The minimum Gasteiger partial charge on any atom is -0.497 e. The minimum atomic E-state index is -0.187. The average molecular weight is 429 g/mol. The highest BCUT2D eigenvalue weighted by Gasteiger charge is 2.42. The van der Waals surface area contributed by atoms with Crippen LogP contribution in [0.1, 0.15) is 48.2 Å². The number of ether oxygens (including phenoxy) is 1. The highest BCUT2D eigenvalue weighted by Crippen LogP contribution is 2.39. The maximum Gasteiger partial charge on any atom is 0.222 e. The second-order valence-electron chi connectivity index (χ2n) is 9.26. The summed E-state index contributed by atoms with van der Waals surface area (Å²) < 4.78 is 19.6. The van der Waals surface area contributed by atoms with Crippen molar-refractivity contribution in [3.05, 3.63) is 46.5 Å². The molecule has 168 valence electrons. The molecule has 31 heavy (non-hydrogen) atoms. The van der Waals surface area contributed by atoms with Crippen LogP contribution in [-0.4, -0.2) is 59.2 Å². The van der Waals surface area contributed by atoms with Gasteiger partial charge in [0.05, 0.1) is 12.8 Å². The van der Waals surface area contributed by atoms with Crippen LogP contribution < -0.4 is 4.74 Å². The fourth-order valence-corrected chi connectivity index (χ4v) is 5.13. The molecule has 2 aliphatic heterocycles. The predicted molar refractivity (Wildman–Crippen MR) is 117 cm³/mol. The van der Waals surface area contributed by atoms with Crippen molar-refractivity contribution in [1.82, 2.24) is 20.0 Å². The molecule has 2 fully saturated rings. The van der Waals surface area contributed by atoms with Crippen molar-refractivity contribution < 1.29 is 13.9 Å². The Morgan fingerprint density at radius 2 is 2.10 bits per heavy atom. The lowest BCUT2D eigenvalue weighted by atomic mass is 9.79. The summed E-state index contributed by atoms with van der Waals surface area (Å²) >= 11 is 0. The summed E-state index contributed by atoms with van der Waals surface area (Å²) in [4.78, 5) is 17.2. The molecule has 4 rings (SSSR count). The van der Waals surface area contributed by atoms with Crippen molar-refractivity contribution in [2.24, 2.45) is 5.41 Å². The van der Waals surface area contributed by atoms with E-state index in [1.165, 1.54) is 6.07 Å². The number of halogens is 1. The first kappa shape index (κ1) is 21.8. The number of nitrogens with one attached hydrogen (secondary N) is 1. The molecule has 0 radical (unpaired) electrons. The Kier molecular flexibility index (Phi) is 6.32. The first-order valence-corrected chi connectivity index (χ1v) is 11.2. The van der Waals surface area contributed by atoms with E-state index in [1.54, 1.807) is 19.2 Å². The van der Waals surface area contributed by atoms with Gasteiger partial charge in [0, 0.05) is 55.7 Å². The van der Waals surface area contributed by atoms with Crippen LogP contribution >= 0.6 is 0 Å². The lowest BCUT2D eigenvalue weighted by Gasteiger charge is -2.40. The van der Waals surface area contributed by atoms with Gasteiger partial charge in [-0.2, -0.15) is 5.10 Å². The average Bonchev–Trinajstić information content (AvgIpc) is 3.31. The predicted octanol–water partition coefficient (Wildman–Crippen LogP) is 3.62. The van der Waals surface area contributed by atoms with E-state index in [0.717, 1.165) is 62.4 Å². The number of likely N-dealkylation sites (tertiary alicyclic amines) is 2. The zero-order valence-corrected chi connectivity index (χ0v) is 18.8. The number of carbonyl (C=O) groups is 1. The fraction of sp³-hybridized carbons (Fsp3) is 0.583.